The Kier molecular flexibility index (Phi) is 3.97. The van der Waals surface area contributed by atoms with Crippen molar-refractivity contribution in [1.29, 1.82) is 0 Å². The highest BCUT2D eigenvalue weighted by atomic mass is 32.1. The van der Waals surface area contributed by atoms with E-state index in [1.165, 1.54) is 24.0 Å². The van der Waals surface area contributed by atoms with E-state index in [1.807, 2.05) is 0 Å². The van der Waals surface area contributed by atoms with Gasteiger partial charge in [0.2, 0.25) is 0 Å². The molecule has 0 aliphatic carbocycles. The summed E-state index contributed by atoms with van der Waals surface area (Å²) in [7, 11) is 0. The van der Waals surface area contributed by atoms with E-state index < -0.39 is 0 Å². The van der Waals surface area contributed by atoms with Gasteiger partial charge in [0.25, 0.3) is 0 Å². The van der Waals surface area contributed by atoms with Gasteiger partial charge in [-0.3, -0.25) is 0 Å². The summed E-state index contributed by atoms with van der Waals surface area (Å²) in [5, 5.41) is 7.95. The van der Waals surface area contributed by atoms with Crippen LogP contribution in [0.3, 0.4) is 0 Å². The van der Waals surface area contributed by atoms with Gasteiger partial charge in [-0.2, -0.15) is 11.3 Å². The molecule has 3 atom stereocenters. The predicted octanol–water partition coefficient (Wildman–Crippen LogP) is 3.49. The quantitative estimate of drug-likeness (QED) is 0.897. The van der Waals surface area contributed by atoms with Crippen LogP contribution in [0.25, 0.3) is 0 Å². The highest BCUT2D eigenvalue weighted by molar-refractivity contribution is 7.07. The fourth-order valence-electron chi connectivity index (χ4n) is 3.04. The fraction of sp³-hybridized carbons (Fsp3) is 0.375. The second kappa shape index (κ2) is 5.87. The molecule has 1 saturated heterocycles. The third-order valence-electron chi connectivity index (χ3n) is 4.05. The van der Waals surface area contributed by atoms with Crippen molar-refractivity contribution in [2.45, 2.75) is 24.9 Å². The van der Waals surface area contributed by atoms with Crippen molar-refractivity contribution in [3.05, 3.63) is 58.3 Å². The van der Waals surface area contributed by atoms with Crippen LogP contribution in [0.1, 0.15) is 36.1 Å². The summed E-state index contributed by atoms with van der Waals surface area (Å²) in [6.45, 7) is 1.09. The van der Waals surface area contributed by atoms with Crippen molar-refractivity contribution in [3.8, 4) is 0 Å². The number of piperidine rings is 1. The normalized spacial score (nSPS) is 25.1. The van der Waals surface area contributed by atoms with Crippen LogP contribution in [0.2, 0.25) is 0 Å². The molecule has 1 aromatic carbocycles. The third kappa shape index (κ3) is 2.73. The Morgan fingerprint density at radius 2 is 2.05 bits per heavy atom. The highest BCUT2D eigenvalue weighted by Crippen LogP contribution is 2.37. The van der Waals surface area contributed by atoms with Crippen molar-refractivity contribution < 1.29 is 0 Å². The minimum absolute atomic E-state index is 0.129. The van der Waals surface area contributed by atoms with Crippen LogP contribution in [-0.4, -0.2) is 6.54 Å². The summed E-state index contributed by atoms with van der Waals surface area (Å²) < 4.78 is 0. The van der Waals surface area contributed by atoms with Gasteiger partial charge < -0.3 is 11.1 Å². The van der Waals surface area contributed by atoms with Gasteiger partial charge in [0.15, 0.2) is 0 Å². The van der Waals surface area contributed by atoms with Gasteiger partial charge in [0.1, 0.15) is 0 Å². The second-order valence-corrected chi connectivity index (χ2v) is 6.01. The molecule has 1 aliphatic heterocycles. The molecule has 0 amide bonds. The lowest BCUT2D eigenvalue weighted by Crippen LogP contribution is -2.39. The maximum atomic E-state index is 6.51. The SMILES string of the molecule is NC(c1ccsc1)C1CCCNC1c1ccccc1. The van der Waals surface area contributed by atoms with Gasteiger partial charge >= 0.3 is 0 Å². The van der Waals surface area contributed by atoms with Gasteiger partial charge in [-0.1, -0.05) is 30.3 Å². The number of rotatable bonds is 3. The van der Waals surface area contributed by atoms with Gasteiger partial charge in [-0.25, -0.2) is 0 Å². The molecule has 100 valence electrons. The molecule has 0 radical (unpaired) electrons. The topological polar surface area (TPSA) is 38.0 Å². The molecule has 0 saturated carbocycles. The molecule has 0 bridgehead atoms. The summed E-state index contributed by atoms with van der Waals surface area (Å²) in [6, 6.07) is 13.4. The summed E-state index contributed by atoms with van der Waals surface area (Å²) in [5.41, 5.74) is 9.15. The molecule has 2 aromatic rings. The Labute approximate surface area is 118 Å². The number of hydrogen-bond donors (Lipinski definition) is 2. The molecule has 1 aromatic heterocycles. The molecule has 3 rings (SSSR count). The average Bonchev–Trinajstić information content (AvgIpc) is 3.02. The Hall–Kier alpha value is -1.16. The summed E-state index contributed by atoms with van der Waals surface area (Å²) >= 11 is 1.73. The first-order chi connectivity index (χ1) is 9.36. The standard InChI is InChI=1S/C16H20N2S/c17-15(13-8-10-19-11-13)14-7-4-9-18-16(14)12-5-2-1-3-6-12/h1-3,5-6,8,10-11,14-16,18H,4,7,9,17H2. The number of nitrogens with two attached hydrogens (primary N) is 1. The number of hydrogen-bond acceptors (Lipinski definition) is 3. The van der Waals surface area contributed by atoms with Crippen LogP contribution in [0.4, 0.5) is 0 Å². The third-order valence-corrected chi connectivity index (χ3v) is 4.76. The first kappa shape index (κ1) is 12.9. The second-order valence-electron chi connectivity index (χ2n) is 5.23. The summed E-state index contributed by atoms with van der Waals surface area (Å²) in [4.78, 5) is 0. The fourth-order valence-corrected chi connectivity index (χ4v) is 3.74. The van der Waals surface area contributed by atoms with Crippen LogP contribution in [0, 0.1) is 5.92 Å². The molecule has 3 heteroatoms. The number of nitrogens with one attached hydrogen (secondary N) is 1. The van der Waals surface area contributed by atoms with E-state index in [0.717, 1.165) is 6.54 Å². The Bertz CT molecular complexity index is 495. The monoisotopic (exact) mass is 272 g/mol. The maximum absolute atomic E-state index is 6.51. The largest absolute Gasteiger partial charge is 0.324 e. The summed E-state index contributed by atoms with van der Waals surface area (Å²) in [5.74, 6) is 0.478. The van der Waals surface area contributed by atoms with Crippen LogP contribution in [-0.2, 0) is 0 Å². The van der Waals surface area contributed by atoms with Crippen molar-refractivity contribution in [2.24, 2.45) is 11.7 Å². The molecule has 19 heavy (non-hydrogen) atoms. The minimum atomic E-state index is 0.129. The van der Waals surface area contributed by atoms with Crippen LogP contribution >= 0.6 is 11.3 Å². The minimum Gasteiger partial charge on any atom is -0.324 e. The Balaban J connectivity index is 1.85. The number of benzene rings is 1. The molecule has 2 nitrogen and oxygen atoms in total. The lowest BCUT2D eigenvalue weighted by Gasteiger charge is -2.36. The van der Waals surface area contributed by atoms with Crippen molar-refractivity contribution >= 4 is 11.3 Å². The van der Waals surface area contributed by atoms with Crippen LogP contribution in [0.5, 0.6) is 0 Å². The molecule has 1 fully saturated rings. The maximum Gasteiger partial charge on any atom is 0.0366 e. The first-order valence-electron chi connectivity index (χ1n) is 6.92. The zero-order valence-electron chi connectivity index (χ0n) is 11.0. The molecule has 3 N–H and O–H groups in total. The molecule has 1 aliphatic rings. The molecule has 0 spiro atoms. The van der Waals surface area contributed by atoms with E-state index in [0.29, 0.717) is 12.0 Å². The van der Waals surface area contributed by atoms with E-state index >= 15 is 0 Å². The van der Waals surface area contributed by atoms with Crippen molar-refractivity contribution in [3.63, 3.8) is 0 Å². The Morgan fingerprint density at radius 1 is 1.21 bits per heavy atom. The predicted molar refractivity (Wildman–Crippen MR) is 81.2 cm³/mol. The van der Waals surface area contributed by atoms with Crippen LogP contribution in [0.15, 0.2) is 47.2 Å². The smallest absolute Gasteiger partial charge is 0.0366 e. The summed E-state index contributed by atoms with van der Waals surface area (Å²) in [6.07, 6.45) is 2.41. The average molecular weight is 272 g/mol. The van der Waals surface area contributed by atoms with Crippen LogP contribution < -0.4 is 11.1 Å². The van der Waals surface area contributed by atoms with Crippen molar-refractivity contribution in [1.82, 2.24) is 5.32 Å². The van der Waals surface area contributed by atoms with Crippen molar-refractivity contribution in [2.75, 3.05) is 6.54 Å². The van der Waals surface area contributed by atoms with E-state index in [4.69, 9.17) is 5.73 Å². The number of thiophene rings is 1. The molecular weight excluding hydrogens is 252 g/mol. The zero-order chi connectivity index (χ0) is 13.1. The molecule has 3 unspecified atom stereocenters. The van der Waals surface area contributed by atoms with E-state index in [2.05, 4.69) is 52.5 Å². The Morgan fingerprint density at radius 3 is 2.79 bits per heavy atom. The van der Waals surface area contributed by atoms with Gasteiger partial charge in [0, 0.05) is 12.1 Å². The van der Waals surface area contributed by atoms with Gasteiger partial charge in [-0.05, 0) is 53.3 Å². The van der Waals surface area contributed by atoms with Gasteiger partial charge in [0.05, 0.1) is 0 Å². The van der Waals surface area contributed by atoms with Gasteiger partial charge in [-0.15, -0.1) is 0 Å². The lowest BCUT2D eigenvalue weighted by molar-refractivity contribution is 0.245. The first-order valence-corrected chi connectivity index (χ1v) is 7.86. The van der Waals surface area contributed by atoms with E-state index in [1.54, 1.807) is 11.3 Å². The van der Waals surface area contributed by atoms with E-state index in [9.17, 15) is 0 Å². The van der Waals surface area contributed by atoms with E-state index in [-0.39, 0.29) is 6.04 Å². The zero-order valence-corrected chi connectivity index (χ0v) is 11.8. The molecular formula is C16H20N2S. The molecule has 2 heterocycles. The lowest BCUT2D eigenvalue weighted by atomic mass is 9.79. The highest BCUT2D eigenvalue weighted by Gasteiger charge is 2.31.